The van der Waals surface area contributed by atoms with E-state index < -0.39 is 42.9 Å². The Kier molecular flexibility index (Phi) is 4.42. The molecular weight excluding hydrogens is 386 g/mol. The molecule has 0 unspecified atom stereocenters. The Bertz CT molecular complexity index is 858. The zero-order valence-electron chi connectivity index (χ0n) is 10.6. The molecule has 0 saturated carbocycles. The third kappa shape index (κ3) is 3.22. The summed E-state index contributed by atoms with van der Waals surface area (Å²) in [5.41, 5.74) is -1.34. The highest BCUT2D eigenvalue weighted by atomic mass is 79.9. The van der Waals surface area contributed by atoms with Crippen molar-refractivity contribution < 1.29 is 22.1 Å². The van der Waals surface area contributed by atoms with Gasteiger partial charge in [-0.15, -0.1) is 0 Å². The molecule has 0 fully saturated rings. The standard InChI is InChI=1S/C12H7BrF2N2O4S/c13-7-4-5-11(10(6-7)17(18)19)22(20,21)16-9-3-1-2-8(14)12(9)15/h1-6,16H. The lowest BCUT2D eigenvalue weighted by Gasteiger charge is -2.09. The average molecular weight is 393 g/mol. The minimum atomic E-state index is -4.46. The Morgan fingerprint density at radius 2 is 1.86 bits per heavy atom. The van der Waals surface area contributed by atoms with E-state index in [0.29, 0.717) is 4.47 Å². The van der Waals surface area contributed by atoms with Gasteiger partial charge < -0.3 is 0 Å². The fraction of sp³-hybridized carbons (Fsp3) is 0. The molecule has 0 radical (unpaired) electrons. The Morgan fingerprint density at radius 1 is 1.18 bits per heavy atom. The second kappa shape index (κ2) is 5.97. The summed E-state index contributed by atoms with van der Waals surface area (Å²) < 4.78 is 53.1. The van der Waals surface area contributed by atoms with Crippen molar-refractivity contribution in [3.05, 3.63) is 62.6 Å². The van der Waals surface area contributed by atoms with Crippen molar-refractivity contribution in [2.45, 2.75) is 4.90 Å². The maximum absolute atomic E-state index is 13.5. The fourth-order valence-electron chi connectivity index (χ4n) is 1.64. The number of nitrogens with zero attached hydrogens (tertiary/aromatic N) is 1. The molecule has 0 aliphatic carbocycles. The lowest BCUT2D eigenvalue weighted by Crippen LogP contribution is -2.16. The smallest absolute Gasteiger partial charge is 0.276 e. The number of anilines is 1. The monoisotopic (exact) mass is 392 g/mol. The van der Waals surface area contributed by atoms with E-state index in [2.05, 4.69) is 15.9 Å². The number of benzene rings is 2. The molecule has 0 aliphatic heterocycles. The number of nitrogens with one attached hydrogen (secondary N) is 1. The first-order valence-corrected chi connectivity index (χ1v) is 7.91. The van der Waals surface area contributed by atoms with Gasteiger partial charge in [0.1, 0.15) is 0 Å². The van der Waals surface area contributed by atoms with Gasteiger partial charge in [-0.05, 0) is 24.3 Å². The van der Waals surface area contributed by atoms with Gasteiger partial charge in [0.15, 0.2) is 16.5 Å². The summed E-state index contributed by atoms with van der Waals surface area (Å²) in [5.74, 6) is -2.64. The lowest BCUT2D eigenvalue weighted by atomic mass is 10.3. The summed E-state index contributed by atoms with van der Waals surface area (Å²) >= 11 is 2.99. The first-order valence-electron chi connectivity index (χ1n) is 5.63. The SMILES string of the molecule is O=[N+]([O-])c1cc(Br)ccc1S(=O)(=O)Nc1cccc(F)c1F. The number of nitro groups is 1. The largest absolute Gasteiger partial charge is 0.291 e. The number of hydrogen-bond donors (Lipinski definition) is 1. The molecule has 0 saturated heterocycles. The molecule has 0 bridgehead atoms. The highest BCUT2D eigenvalue weighted by Crippen LogP contribution is 2.29. The van der Waals surface area contributed by atoms with Crippen molar-refractivity contribution in [1.82, 2.24) is 0 Å². The molecule has 2 aromatic rings. The molecular formula is C12H7BrF2N2O4S. The van der Waals surface area contributed by atoms with Crippen molar-refractivity contribution in [2.24, 2.45) is 0 Å². The van der Waals surface area contributed by atoms with Crippen LogP contribution in [-0.2, 0) is 10.0 Å². The second-order valence-electron chi connectivity index (χ2n) is 4.08. The molecule has 0 heterocycles. The predicted molar refractivity (Wildman–Crippen MR) is 78.0 cm³/mol. The summed E-state index contributed by atoms with van der Waals surface area (Å²) in [6.45, 7) is 0. The number of rotatable bonds is 4. The number of halogens is 3. The van der Waals surface area contributed by atoms with E-state index in [1.807, 2.05) is 0 Å². The van der Waals surface area contributed by atoms with Crippen molar-refractivity contribution >= 4 is 37.3 Å². The van der Waals surface area contributed by atoms with Gasteiger partial charge in [0.25, 0.3) is 15.7 Å². The zero-order chi connectivity index (χ0) is 16.5. The fourth-order valence-corrected chi connectivity index (χ4v) is 3.20. The molecule has 116 valence electrons. The van der Waals surface area contributed by atoms with Gasteiger partial charge in [-0.3, -0.25) is 14.8 Å². The van der Waals surface area contributed by atoms with E-state index in [1.165, 1.54) is 6.07 Å². The number of hydrogen-bond acceptors (Lipinski definition) is 4. The molecule has 2 rings (SSSR count). The van der Waals surface area contributed by atoms with Crippen LogP contribution >= 0.6 is 15.9 Å². The van der Waals surface area contributed by atoms with Crippen LogP contribution in [0.15, 0.2) is 45.8 Å². The van der Waals surface area contributed by atoms with Gasteiger partial charge in [0.05, 0.1) is 10.6 Å². The summed E-state index contributed by atoms with van der Waals surface area (Å²) in [4.78, 5) is 9.40. The Balaban J connectivity index is 2.52. The minimum absolute atomic E-state index is 0.301. The molecule has 0 aliphatic rings. The van der Waals surface area contributed by atoms with Gasteiger partial charge in [-0.2, -0.15) is 0 Å². The van der Waals surface area contributed by atoms with Crippen LogP contribution in [0.3, 0.4) is 0 Å². The Morgan fingerprint density at radius 3 is 2.50 bits per heavy atom. The van der Waals surface area contributed by atoms with Crippen LogP contribution in [-0.4, -0.2) is 13.3 Å². The highest BCUT2D eigenvalue weighted by Gasteiger charge is 2.27. The molecule has 22 heavy (non-hydrogen) atoms. The van der Waals surface area contributed by atoms with Gasteiger partial charge in [-0.1, -0.05) is 22.0 Å². The minimum Gasteiger partial charge on any atom is -0.276 e. The Hall–Kier alpha value is -2.07. The third-order valence-electron chi connectivity index (χ3n) is 2.60. The molecule has 1 N–H and O–H groups in total. The van der Waals surface area contributed by atoms with Crippen LogP contribution in [0.2, 0.25) is 0 Å². The molecule has 0 amide bonds. The number of sulfonamides is 1. The van der Waals surface area contributed by atoms with Crippen LogP contribution in [0, 0.1) is 21.7 Å². The summed E-state index contributed by atoms with van der Waals surface area (Å²) in [6, 6.07) is 6.18. The number of nitro benzene ring substituents is 1. The first kappa shape index (κ1) is 16.3. The highest BCUT2D eigenvalue weighted by molar-refractivity contribution is 9.10. The van der Waals surface area contributed by atoms with Crippen molar-refractivity contribution in [3.8, 4) is 0 Å². The van der Waals surface area contributed by atoms with E-state index in [1.54, 1.807) is 4.72 Å². The quantitative estimate of drug-likeness (QED) is 0.637. The molecule has 10 heteroatoms. The van der Waals surface area contributed by atoms with E-state index in [0.717, 1.165) is 30.3 Å². The Labute approximate surface area is 132 Å². The van der Waals surface area contributed by atoms with Gasteiger partial charge in [0, 0.05) is 10.5 Å². The molecule has 2 aromatic carbocycles. The van der Waals surface area contributed by atoms with Gasteiger partial charge in [-0.25, -0.2) is 17.2 Å². The van der Waals surface area contributed by atoms with Crippen LogP contribution in [0.25, 0.3) is 0 Å². The normalized spacial score (nSPS) is 11.2. The topological polar surface area (TPSA) is 89.3 Å². The summed E-state index contributed by atoms with van der Waals surface area (Å²) in [5, 5.41) is 11.0. The molecule has 0 atom stereocenters. The molecule has 6 nitrogen and oxygen atoms in total. The second-order valence-corrected chi connectivity index (χ2v) is 6.64. The summed E-state index contributed by atoms with van der Waals surface area (Å²) in [7, 11) is -4.46. The third-order valence-corrected chi connectivity index (χ3v) is 4.51. The maximum Gasteiger partial charge on any atom is 0.291 e. The lowest BCUT2D eigenvalue weighted by molar-refractivity contribution is -0.387. The van der Waals surface area contributed by atoms with Crippen molar-refractivity contribution in [1.29, 1.82) is 0 Å². The molecule has 0 aromatic heterocycles. The van der Waals surface area contributed by atoms with Crippen LogP contribution in [0.5, 0.6) is 0 Å². The predicted octanol–water partition coefficient (Wildman–Crippen LogP) is 3.44. The zero-order valence-corrected chi connectivity index (χ0v) is 13.0. The van der Waals surface area contributed by atoms with Gasteiger partial charge in [0.2, 0.25) is 0 Å². The van der Waals surface area contributed by atoms with E-state index in [9.17, 15) is 27.3 Å². The van der Waals surface area contributed by atoms with Crippen LogP contribution in [0.4, 0.5) is 20.2 Å². The van der Waals surface area contributed by atoms with Gasteiger partial charge >= 0.3 is 0 Å². The van der Waals surface area contributed by atoms with Crippen molar-refractivity contribution in [2.75, 3.05) is 4.72 Å². The average Bonchev–Trinajstić information content (AvgIpc) is 2.43. The van der Waals surface area contributed by atoms with Crippen LogP contribution < -0.4 is 4.72 Å². The van der Waals surface area contributed by atoms with E-state index in [-0.39, 0.29) is 0 Å². The first-order chi connectivity index (χ1) is 10.2. The summed E-state index contributed by atoms with van der Waals surface area (Å²) in [6.07, 6.45) is 0. The van der Waals surface area contributed by atoms with E-state index in [4.69, 9.17) is 0 Å². The maximum atomic E-state index is 13.5. The molecule has 0 spiro atoms. The van der Waals surface area contributed by atoms with Crippen molar-refractivity contribution in [3.63, 3.8) is 0 Å². The van der Waals surface area contributed by atoms with Crippen LogP contribution in [0.1, 0.15) is 0 Å². The van der Waals surface area contributed by atoms with E-state index >= 15 is 0 Å².